The molecule has 0 aliphatic heterocycles. The summed E-state index contributed by atoms with van der Waals surface area (Å²) in [5.74, 6) is -0.577. The summed E-state index contributed by atoms with van der Waals surface area (Å²) in [5, 5.41) is 12.9. The number of urea groups is 1. The molecule has 1 aromatic carbocycles. The van der Waals surface area contributed by atoms with E-state index in [1.165, 1.54) is 31.5 Å². The van der Waals surface area contributed by atoms with Gasteiger partial charge in [0.2, 0.25) is 5.88 Å². The minimum Gasteiger partial charge on any atom is -0.493 e. The van der Waals surface area contributed by atoms with E-state index in [1.54, 1.807) is 0 Å². The van der Waals surface area contributed by atoms with Crippen molar-refractivity contribution in [2.24, 2.45) is 5.73 Å². The van der Waals surface area contributed by atoms with E-state index in [4.69, 9.17) is 5.73 Å². The number of sulfone groups is 1. The molecule has 3 rings (SSSR count). The fourth-order valence-corrected chi connectivity index (χ4v) is 3.80. The first-order valence-electron chi connectivity index (χ1n) is 8.76. The third-order valence-electron chi connectivity index (χ3n) is 4.56. The maximum absolute atomic E-state index is 13.1. The molecule has 4 N–H and O–H groups in total. The number of nitrogens with one attached hydrogen (secondary N) is 1. The molecule has 14 heteroatoms. The number of amides is 2. The minimum absolute atomic E-state index is 0.00227. The summed E-state index contributed by atoms with van der Waals surface area (Å²) in [6.45, 7) is 1.37. The lowest BCUT2D eigenvalue weighted by atomic mass is 10.2. The van der Waals surface area contributed by atoms with Gasteiger partial charge in [-0.1, -0.05) is 0 Å². The first-order valence-corrected chi connectivity index (χ1v) is 10.2. The van der Waals surface area contributed by atoms with Gasteiger partial charge in [0.05, 0.1) is 16.3 Å². The Morgan fingerprint density at radius 3 is 2.22 bits per heavy atom. The van der Waals surface area contributed by atoms with Crippen LogP contribution in [-0.2, 0) is 9.84 Å². The minimum atomic E-state index is -5.58. The molecular weight excluding hydrogens is 455 g/mol. The van der Waals surface area contributed by atoms with Gasteiger partial charge in [0.25, 0.3) is 9.84 Å². The summed E-state index contributed by atoms with van der Waals surface area (Å²) >= 11 is 0. The summed E-state index contributed by atoms with van der Waals surface area (Å²) in [7, 11) is -5.58. The zero-order valence-electron chi connectivity index (χ0n) is 16.2. The molecule has 3 aromatic rings. The Labute approximate surface area is 178 Å². The molecule has 0 saturated heterocycles. The first kappa shape index (κ1) is 22.9. The van der Waals surface area contributed by atoms with Gasteiger partial charge in [0.1, 0.15) is 6.17 Å². The summed E-state index contributed by atoms with van der Waals surface area (Å²) in [6, 6.07) is 5.23. The third-order valence-corrected chi connectivity index (χ3v) is 6.07. The molecule has 32 heavy (non-hydrogen) atoms. The predicted molar refractivity (Wildman–Crippen MR) is 105 cm³/mol. The number of halogens is 3. The Balaban J connectivity index is 2.14. The average Bonchev–Trinajstić information content (AvgIpc) is 2.94. The predicted octanol–water partition coefficient (Wildman–Crippen LogP) is 1.56. The second-order valence-electron chi connectivity index (χ2n) is 6.53. The van der Waals surface area contributed by atoms with Crippen molar-refractivity contribution in [3.63, 3.8) is 0 Å². The molecule has 0 bridgehead atoms. The largest absolute Gasteiger partial charge is 0.501 e. The fraction of sp³-hybridized carbons (Fsp3) is 0.167. The third kappa shape index (κ3) is 3.91. The van der Waals surface area contributed by atoms with E-state index in [2.05, 4.69) is 10.3 Å². The number of aromatic hydroxyl groups is 1. The van der Waals surface area contributed by atoms with Crippen molar-refractivity contribution in [2.45, 2.75) is 23.5 Å². The number of primary amides is 1. The van der Waals surface area contributed by atoms with Crippen LogP contribution in [0, 0.1) is 6.92 Å². The molecule has 1 atom stereocenters. The van der Waals surface area contributed by atoms with Crippen LogP contribution in [0.2, 0.25) is 0 Å². The van der Waals surface area contributed by atoms with Crippen LogP contribution in [0.5, 0.6) is 5.88 Å². The zero-order valence-corrected chi connectivity index (χ0v) is 17.1. The van der Waals surface area contributed by atoms with E-state index < -0.39 is 44.0 Å². The van der Waals surface area contributed by atoms with Crippen LogP contribution in [0.3, 0.4) is 0 Å². The Kier molecular flexibility index (Phi) is 5.74. The topological polar surface area (TPSA) is 149 Å². The van der Waals surface area contributed by atoms with Gasteiger partial charge in [-0.05, 0) is 48.9 Å². The van der Waals surface area contributed by atoms with Crippen molar-refractivity contribution in [1.29, 1.82) is 0 Å². The van der Waals surface area contributed by atoms with E-state index in [1.807, 2.05) is 0 Å². The molecule has 170 valence electrons. The zero-order chi connectivity index (χ0) is 23.8. The number of benzene rings is 1. The van der Waals surface area contributed by atoms with E-state index in [-0.39, 0.29) is 11.4 Å². The monoisotopic (exact) mass is 471 g/mol. The summed E-state index contributed by atoms with van der Waals surface area (Å²) in [6.07, 6.45) is 1.67. The van der Waals surface area contributed by atoms with Gasteiger partial charge in [0.15, 0.2) is 0 Å². The Morgan fingerprint density at radius 2 is 1.72 bits per heavy atom. The van der Waals surface area contributed by atoms with Crippen LogP contribution < -0.4 is 16.7 Å². The number of nitrogens with two attached hydrogens (primary N) is 1. The second-order valence-corrected chi connectivity index (χ2v) is 8.47. The maximum Gasteiger partial charge on any atom is 0.501 e. The van der Waals surface area contributed by atoms with Gasteiger partial charge >= 0.3 is 17.2 Å². The highest BCUT2D eigenvalue weighted by Crippen LogP contribution is 2.31. The van der Waals surface area contributed by atoms with Crippen molar-refractivity contribution in [3.05, 3.63) is 70.5 Å². The number of imidazole rings is 1. The number of aromatic nitrogens is 3. The molecule has 10 nitrogen and oxygen atoms in total. The van der Waals surface area contributed by atoms with Crippen LogP contribution in [0.15, 0.2) is 58.5 Å². The van der Waals surface area contributed by atoms with Crippen molar-refractivity contribution in [1.82, 2.24) is 19.4 Å². The molecule has 2 aromatic heterocycles. The number of rotatable bonds is 5. The molecule has 1 unspecified atom stereocenters. The van der Waals surface area contributed by atoms with Crippen molar-refractivity contribution in [3.8, 4) is 11.6 Å². The van der Waals surface area contributed by atoms with Gasteiger partial charge in [-0.25, -0.2) is 22.6 Å². The number of alkyl halides is 3. The van der Waals surface area contributed by atoms with Crippen molar-refractivity contribution < 1.29 is 31.5 Å². The maximum atomic E-state index is 13.1. The number of pyridine rings is 1. The van der Waals surface area contributed by atoms with E-state index in [9.17, 15) is 36.3 Å². The van der Waals surface area contributed by atoms with Gasteiger partial charge in [-0.3, -0.25) is 9.55 Å². The highest BCUT2D eigenvalue weighted by molar-refractivity contribution is 7.92. The molecule has 0 saturated carbocycles. The van der Waals surface area contributed by atoms with Crippen LogP contribution in [-0.4, -0.2) is 39.2 Å². The average molecular weight is 471 g/mol. The number of carbonyl (C=O) groups is 1. The molecule has 0 aliphatic carbocycles. The summed E-state index contributed by atoms with van der Waals surface area (Å²) in [4.78, 5) is 27.4. The van der Waals surface area contributed by atoms with E-state index >= 15 is 0 Å². The van der Waals surface area contributed by atoms with Gasteiger partial charge in [-0.2, -0.15) is 13.2 Å². The lowest BCUT2D eigenvalue weighted by molar-refractivity contribution is -0.0436. The number of hydrogen-bond donors (Lipinski definition) is 3. The van der Waals surface area contributed by atoms with Crippen molar-refractivity contribution >= 4 is 15.9 Å². The Hall–Kier alpha value is -3.81. The highest BCUT2D eigenvalue weighted by Gasteiger charge is 2.46. The second kappa shape index (κ2) is 8.03. The Morgan fingerprint density at radius 1 is 1.16 bits per heavy atom. The van der Waals surface area contributed by atoms with Crippen LogP contribution in [0.1, 0.15) is 17.4 Å². The van der Waals surface area contributed by atoms with Crippen molar-refractivity contribution in [2.75, 3.05) is 0 Å². The molecule has 0 spiro atoms. The van der Waals surface area contributed by atoms with Crippen LogP contribution in [0.25, 0.3) is 5.69 Å². The number of carbonyl (C=O) groups excluding carboxylic acids is 1. The standard InChI is InChI=1S/C18H16F3N5O5S/c1-10-15(27)26(12-2-4-13(5-3-12)32(30,31)18(19,20)21)17(29)25(10)14(24-16(22)28)11-6-8-23-9-7-11/h2-9,14,27H,1H3,(H3,22,24,28). The molecule has 0 aliphatic rings. The quantitative estimate of drug-likeness (QED) is 0.514. The lowest BCUT2D eigenvalue weighted by Gasteiger charge is -2.19. The highest BCUT2D eigenvalue weighted by atomic mass is 32.2. The Bertz CT molecular complexity index is 1320. The van der Waals surface area contributed by atoms with Crippen LogP contribution >= 0.6 is 0 Å². The fourth-order valence-electron chi connectivity index (χ4n) is 3.03. The smallest absolute Gasteiger partial charge is 0.493 e. The molecule has 2 amide bonds. The van der Waals surface area contributed by atoms with Gasteiger partial charge in [-0.15, -0.1) is 0 Å². The van der Waals surface area contributed by atoms with Gasteiger partial charge in [0, 0.05) is 12.4 Å². The van der Waals surface area contributed by atoms with E-state index in [0.717, 1.165) is 21.3 Å². The van der Waals surface area contributed by atoms with Gasteiger partial charge < -0.3 is 16.2 Å². The van der Waals surface area contributed by atoms with Crippen LogP contribution in [0.4, 0.5) is 18.0 Å². The number of hydrogen-bond acceptors (Lipinski definition) is 6. The summed E-state index contributed by atoms with van der Waals surface area (Å²) in [5.41, 5.74) is -0.865. The number of nitrogens with zero attached hydrogens (tertiary/aromatic N) is 3. The molecular formula is C18H16F3N5O5S. The molecule has 0 fully saturated rings. The summed E-state index contributed by atoms with van der Waals surface area (Å²) < 4.78 is 63.1. The normalized spacial score (nSPS) is 13.0. The molecule has 2 heterocycles. The molecule has 0 radical (unpaired) electrons. The SMILES string of the molecule is Cc1c(O)n(-c2ccc(S(=O)(=O)C(F)(F)F)cc2)c(=O)n1C(NC(N)=O)c1ccncc1. The lowest BCUT2D eigenvalue weighted by Crippen LogP contribution is -2.41. The van der Waals surface area contributed by atoms with E-state index in [0.29, 0.717) is 17.7 Å². The first-order chi connectivity index (χ1) is 14.9.